The molecule has 0 radical (unpaired) electrons. The van der Waals surface area contributed by atoms with Crippen molar-refractivity contribution in [2.75, 3.05) is 33.3 Å². The number of methoxy groups -OCH3 is 1. The fourth-order valence-electron chi connectivity index (χ4n) is 2.72. The molecule has 0 spiro atoms. The Kier molecular flexibility index (Phi) is 3.10. The van der Waals surface area contributed by atoms with Crippen LogP contribution in [0.1, 0.15) is 26.2 Å². The minimum Gasteiger partial charge on any atom is -0.380 e. The zero-order valence-corrected chi connectivity index (χ0v) is 9.38. The van der Waals surface area contributed by atoms with Crippen molar-refractivity contribution < 1.29 is 4.74 Å². The van der Waals surface area contributed by atoms with Crippen molar-refractivity contribution in [3.8, 4) is 0 Å². The molecule has 0 aromatic rings. The quantitative estimate of drug-likeness (QED) is 0.727. The van der Waals surface area contributed by atoms with Gasteiger partial charge in [0.2, 0.25) is 0 Å². The van der Waals surface area contributed by atoms with Crippen LogP contribution >= 0.6 is 0 Å². The molecule has 2 fully saturated rings. The highest BCUT2D eigenvalue weighted by Crippen LogP contribution is 2.22. The number of hydrogen-bond acceptors (Lipinski definition) is 3. The molecule has 2 aliphatic rings. The Bertz CT molecular complexity index is 190. The number of rotatable bonds is 3. The summed E-state index contributed by atoms with van der Waals surface area (Å²) >= 11 is 0. The molecular weight excluding hydrogens is 176 g/mol. The molecule has 2 heterocycles. The zero-order chi connectivity index (χ0) is 10.0. The molecule has 82 valence electrons. The second-order valence-electron chi connectivity index (χ2n) is 4.97. The van der Waals surface area contributed by atoms with Gasteiger partial charge in [0.15, 0.2) is 0 Å². The summed E-state index contributed by atoms with van der Waals surface area (Å²) in [5.41, 5.74) is 0.364. The highest BCUT2D eigenvalue weighted by Gasteiger charge is 2.32. The van der Waals surface area contributed by atoms with E-state index >= 15 is 0 Å². The fraction of sp³-hybridized carbons (Fsp3) is 1.00. The van der Waals surface area contributed by atoms with Crippen molar-refractivity contribution in [2.24, 2.45) is 0 Å². The molecule has 0 aliphatic carbocycles. The first-order valence-corrected chi connectivity index (χ1v) is 5.72. The molecule has 2 atom stereocenters. The maximum absolute atomic E-state index is 5.38. The van der Waals surface area contributed by atoms with E-state index in [1.807, 2.05) is 7.11 Å². The number of likely N-dealkylation sites (tertiary alicyclic amines) is 1. The second-order valence-corrected chi connectivity index (χ2v) is 4.97. The van der Waals surface area contributed by atoms with Gasteiger partial charge in [-0.1, -0.05) is 0 Å². The van der Waals surface area contributed by atoms with E-state index in [9.17, 15) is 0 Å². The summed E-state index contributed by atoms with van der Waals surface area (Å²) in [6.45, 7) is 7.05. The maximum Gasteiger partial charge on any atom is 0.0710 e. The van der Waals surface area contributed by atoms with Gasteiger partial charge in [0, 0.05) is 32.3 Å². The van der Waals surface area contributed by atoms with Crippen LogP contribution < -0.4 is 5.32 Å². The number of nitrogens with one attached hydrogen (secondary N) is 1. The summed E-state index contributed by atoms with van der Waals surface area (Å²) in [5, 5.41) is 3.61. The Morgan fingerprint density at radius 2 is 2.43 bits per heavy atom. The molecule has 3 heteroatoms. The molecule has 2 rings (SSSR count). The summed E-state index contributed by atoms with van der Waals surface area (Å²) in [6.07, 6.45) is 4.33. The minimum absolute atomic E-state index is 0.364. The van der Waals surface area contributed by atoms with Gasteiger partial charge in [-0.15, -0.1) is 0 Å². The van der Waals surface area contributed by atoms with Crippen LogP contribution in [-0.2, 0) is 4.74 Å². The van der Waals surface area contributed by atoms with E-state index in [0.29, 0.717) is 11.6 Å². The third-order valence-corrected chi connectivity index (χ3v) is 3.59. The first-order chi connectivity index (χ1) is 6.72. The van der Waals surface area contributed by atoms with E-state index in [1.54, 1.807) is 0 Å². The summed E-state index contributed by atoms with van der Waals surface area (Å²) < 4.78 is 5.38. The van der Waals surface area contributed by atoms with Crippen molar-refractivity contribution in [3.05, 3.63) is 0 Å². The lowest BCUT2D eigenvalue weighted by Gasteiger charge is -2.30. The van der Waals surface area contributed by atoms with Gasteiger partial charge in [0.1, 0.15) is 0 Å². The molecule has 14 heavy (non-hydrogen) atoms. The summed E-state index contributed by atoms with van der Waals surface area (Å²) in [6, 6.07) is 0. The van der Waals surface area contributed by atoms with Crippen LogP contribution in [0.25, 0.3) is 0 Å². The van der Waals surface area contributed by atoms with Crippen molar-refractivity contribution >= 4 is 0 Å². The van der Waals surface area contributed by atoms with Gasteiger partial charge < -0.3 is 10.1 Å². The van der Waals surface area contributed by atoms with E-state index in [1.165, 1.54) is 38.9 Å². The van der Waals surface area contributed by atoms with Crippen LogP contribution in [-0.4, -0.2) is 49.8 Å². The molecule has 2 saturated heterocycles. The average molecular weight is 198 g/mol. The van der Waals surface area contributed by atoms with Gasteiger partial charge in [-0.3, -0.25) is 4.90 Å². The molecule has 0 amide bonds. The van der Waals surface area contributed by atoms with Crippen LogP contribution in [0.2, 0.25) is 0 Å². The third kappa shape index (κ3) is 2.27. The van der Waals surface area contributed by atoms with E-state index in [2.05, 4.69) is 17.1 Å². The smallest absolute Gasteiger partial charge is 0.0710 e. The molecule has 2 unspecified atom stereocenters. The Hall–Kier alpha value is -0.120. The molecule has 0 saturated carbocycles. The molecule has 0 aromatic heterocycles. The van der Waals surface area contributed by atoms with E-state index < -0.39 is 0 Å². The van der Waals surface area contributed by atoms with E-state index in [4.69, 9.17) is 4.74 Å². The lowest BCUT2D eigenvalue weighted by atomic mass is 10.00. The van der Waals surface area contributed by atoms with Gasteiger partial charge in [0.25, 0.3) is 0 Å². The maximum atomic E-state index is 5.38. The van der Waals surface area contributed by atoms with Crippen LogP contribution in [0.3, 0.4) is 0 Å². The van der Waals surface area contributed by atoms with Crippen LogP contribution in [0.5, 0.6) is 0 Å². The highest BCUT2D eigenvalue weighted by molar-refractivity contribution is 4.93. The summed E-state index contributed by atoms with van der Waals surface area (Å²) in [7, 11) is 1.82. The lowest BCUT2D eigenvalue weighted by molar-refractivity contribution is 0.104. The normalized spacial score (nSPS) is 39.4. The Morgan fingerprint density at radius 1 is 1.57 bits per heavy atom. The molecule has 2 aliphatic heterocycles. The standard InChI is InChI=1S/C11H22N2O/c1-11(5-3-6-12-11)9-13-7-4-10(8-13)14-2/h10,12H,3-9H2,1-2H3. The van der Waals surface area contributed by atoms with E-state index in [0.717, 1.165) is 6.54 Å². The first-order valence-electron chi connectivity index (χ1n) is 5.72. The third-order valence-electron chi connectivity index (χ3n) is 3.59. The first kappa shape index (κ1) is 10.4. The Labute approximate surface area is 86.8 Å². The predicted molar refractivity (Wildman–Crippen MR) is 57.5 cm³/mol. The van der Waals surface area contributed by atoms with Crippen molar-refractivity contribution in [3.63, 3.8) is 0 Å². The predicted octanol–water partition coefficient (Wildman–Crippen LogP) is 0.849. The van der Waals surface area contributed by atoms with Crippen LogP contribution in [0, 0.1) is 0 Å². The Balaban J connectivity index is 1.80. The topological polar surface area (TPSA) is 24.5 Å². The molecular formula is C11H22N2O. The van der Waals surface area contributed by atoms with Gasteiger partial charge in [0.05, 0.1) is 6.10 Å². The largest absolute Gasteiger partial charge is 0.380 e. The number of nitrogens with zero attached hydrogens (tertiary/aromatic N) is 1. The molecule has 0 aromatic carbocycles. The van der Waals surface area contributed by atoms with E-state index in [-0.39, 0.29) is 0 Å². The van der Waals surface area contributed by atoms with Gasteiger partial charge in [-0.05, 0) is 32.7 Å². The minimum atomic E-state index is 0.364. The number of hydrogen-bond donors (Lipinski definition) is 1. The summed E-state index contributed by atoms with van der Waals surface area (Å²) in [4.78, 5) is 2.53. The lowest BCUT2D eigenvalue weighted by Crippen LogP contribution is -2.47. The van der Waals surface area contributed by atoms with Crippen molar-refractivity contribution in [2.45, 2.75) is 37.8 Å². The fourth-order valence-corrected chi connectivity index (χ4v) is 2.72. The molecule has 1 N–H and O–H groups in total. The van der Waals surface area contributed by atoms with Gasteiger partial charge in [-0.25, -0.2) is 0 Å². The van der Waals surface area contributed by atoms with Crippen LogP contribution in [0.15, 0.2) is 0 Å². The van der Waals surface area contributed by atoms with Crippen LogP contribution in [0.4, 0.5) is 0 Å². The summed E-state index contributed by atoms with van der Waals surface area (Å²) in [5.74, 6) is 0. The number of ether oxygens (including phenoxy) is 1. The SMILES string of the molecule is COC1CCN(CC2(C)CCCN2)C1. The highest BCUT2D eigenvalue weighted by atomic mass is 16.5. The average Bonchev–Trinajstić information content (AvgIpc) is 2.75. The van der Waals surface area contributed by atoms with Gasteiger partial charge >= 0.3 is 0 Å². The molecule has 0 bridgehead atoms. The second kappa shape index (κ2) is 4.17. The Morgan fingerprint density at radius 3 is 3.00 bits per heavy atom. The van der Waals surface area contributed by atoms with Crippen molar-refractivity contribution in [1.82, 2.24) is 10.2 Å². The zero-order valence-electron chi connectivity index (χ0n) is 9.38. The molecule has 3 nitrogen and oxygen atoms in total. The monoisotopic (exact) mass is 198 g/mol. The van der Waals surface area contributed by atoms with Crippen molar-refractivity contribution in [1.29, 1.82) is 0 Å². The van der Waals surface area contributed by atoms with Gasteiger partial charge in [-0.2, -0.15) is 0 Å².